The van der Waals surface area contributed by atoms with Gasteiger partial charge >= 0.3 is 0 Å². The number of likely N-dealkylation sites (tertiary alicyclic amines) is 1. The number of amides is 2. The highest BCUT2D eigenvalue weighted by Gasteiger charge is 2.27. The van der Waals surface area contributed by atoms with Crippen molar-refractivity contribution in [3.8, 4) is 6.07 Å². The topological polar surface area (TPSA) is 80.5 Å². The van der Waals surface area contributed by atoms with Crippen LogP contribution in [0.3, 0.4) is 0 Å². The average molecular weight is 395 g/mol. The lowest BCUT2D eigenvalue weighted by Gasteiger charge is -2.35. The number of anilines is 1. The van der Waals surface area contributed by atoms with Crippen molar-refractivity contribution < 1.29 is 9.59 Å². The third kappa shape index (κ3) is 3.58. The molecule has 2 amide bonds. The van der Waals surface area contributed by atoms with Gasteiger partial charge in [0.2, 0.25) is 0 Å². The average Bonchev–Trinajstić information content (AvgIpc) is 3.45. The van der Waals surface area contributed by atoms with E-state index in [2.05, 4.69) is 11.1 Å². The molecule has 0 spiro atoms. The fourth-order valence-electron chi connectivity index (χ4n) is 3.66. The molecule has 0 N–H and O–H groups in total. The van der Waals surface area contributed by atoms with E-state index in [1.165, 1.54) is 11.3 Å². The lowest BCUT2D eigenvalue weighted by atomic mass is 10.2. The fourth-order valence-corrected chi connectivity index (χ4v) is 4.60. The van der Waals surface area contributed by atoms with Gasteiger partial charge in [-0.05, 0) is 37.1 Å². The lowest BCUT2D eigenvalue weighted by molar-refractivity contribution is 0.0750. The Morgan fingerprint density at radius 3 is 2.14 bits per heavy atom. The summed E-state index contributed by atoms with van der Waals surface area (Å²) in [5.41, 5.74) is 0.547. The Hall–Kier alpha value is -2.92. The van der Waals surface area contributed by atoms with E-state index in [0.717, 1.165) is 25.9 Å². The summed E-state index contributed by atoms with van der Waals surface area (Å²) in [6, 6.07) is 9.20. The molecule has 28 heavy (non-hydrogen) atoms. The Morgan fingerprint density at radius 2 is 1.54 bits per heavy atom. The minimum atomic E-state index is -0.0355. The molecule has 2 aromatic heterocycles. The molecule has 2 fully saturated rings. The Kier molecular flexibility index (Phi) is 5.26. The molecule has 0 radical (unpaired) electrons. The maximum absolute atomic E-state index is 12.8. The Morgan fingerprint density at radius 1 is 0.929 bits per heavy atom. The number of piperazine rings is 1. The van der Waals surface area contributed by atoms with Crippen LogP contribution in [-0.2, 0) is 0 Å². The smallest absolute Gasteiger partial charge is 0.264 e. The number of hydrogen-bond acceptors (Lipinski definition) is 6. The lowest BCUT2D eigenvalue weighted by Crippen LogP contribution is -2.49. The summed E-state index contributed by atoms with van der Waals surface area (Å²) in [5.74, 6) is 0.670. The fraction of sp³-hybridized carbons (Fsp3) is 0.400. The zero-order valence-electron chi connectivity index (χ0n) is 15.5. The largest absolute Gasteiger partial charge is 0.352 e. The maximum atomic E-state index is 12.8. The second-order valence-corrected chi connectivity index (χ2v) is 8.01. The Bertz CT molecular complexity index is 921. The van der Waals surface area contributed by atoms with E-state index in [4.69, 9.17) is 0 Å². The van der Waals surface area contributed by atoms with Gasteiger partial charge in [-0.25, -0.2) is 4.98 Å². The molecule has 4 heterocycles. The van der Waals surface area contributed by atoms with Gasteiger partial charge in [-0.2, -0.15) is 5.26 Å². The zero-order chi connectivity index (χ0) is 19.5. The number of hydrogen-bond donors (Lipinski definition) is 0. The van der Waals surface area contributed by atoms with E-state index in [-0.39, 0.29) is 11.8 Å². The van der Waals surface area contributed by atoms with Crippen molar-refractivity contribution in [3.63, 3.8) is 0 Å². The molecule has 144 valence electrons. The van der Waals surface area contributed by atoms with Gasteiger partial charge in [0.25, 0.3) is 11.8 Å². The second kappa shape index (κ2) is 7.98. The van der Waals surface area contributed by atoms with Crippen LogP contribution in [-0.4, -0.2) is 65.9 Å². The first-order chi connectivity index (χ1) is 13.7. The number of nitriles is 1. The molecule has 2 saturated heterocycles. The summed E-state index contributed by atoms with van der Waals surface area (Å²) in [5, 5.41) is 9.25. The molecule has 8 heteroatoms. The van der Waals surface area contributed by atoms with E-state index in [0.29, 0.717) is 47.3 Å². The monoisotopic (exact) mass is 395 g/mol. The summed E-state index contributed by atoms with van der Waals surface area (Å²) in [4.78, 5) is 36.6. The first kappa shape index (κ1) is 18.4. The number of rotatable bonds is 3. The number of thiophene rings is 1. The maximum Gasteiger partial charge on any atom is 0.264 e. The molecule has 0 aromatic carbocycles. The summed E-state index contributed by atoms with van der Waals surface area (Å²) >= 11 is 1.28. The molecular weight excluding hydrogens is 374 g/mol. The summed E-state index contributed by atoms with van der Waals surface area (Å²) in [7, 11) is 0. The summed E-state index contributed by atoms with van der Waals surface area (Å²) in [6.45, 7) is 3.99. The Balaban J connectivity index is 1.39. The van der Waals surface area contributed by atoms with Crippen LogP contribution in [0.15, 0.2) is 30.5 Å². The van der Waals surface area contributed by atoms with Gasteiger partial charge in [0.15, 0.2) is 0 Å². The van der Waals surface area contributed by atoms with Crippen LogP contribution in [0.5, 0.6) is 0 Å². The molecule has 0 aliphatic carbocycles. The molecule has 0 bridgehead atoms. The predicted molar refractivity (Wildman–Crippen MR) is 107 cm³/mol. The first-order valence-electron chi connectivity index (χ1n) is 9.46. The predicted octanol–water partition coefficient (Wildman–Crippen LogP) is 2.21. The normalized spacial score (nSPS) is 16.9. The van der Waals surface area contributed by atoms with Crippen LogP contribution in [0, 0.1) is 11.3 Å². The second-order valence-electron chi connectivity index (χ2n) is 6.93. The highest BCUT2D eigenvalue weighted by atomic mass is 32.1. The van der Waals surface area contributed by atoms with Crippen LogP contribution in [0.4, 0.5) is 5.82 Å². The van der Waals surface area contributed by atoms with Crippen LogP contribution in [0.2, 0.25) is 0 Å². The molecule has 0 saturated carbocycles. The van der Waals surface area contributed by atoms with E-state index in [1.807, 2.05) is 9.80 Å². The van der Waals surface area contributed by atoms with Crippen molar-refractivity contribution in [2.75, 3.05) is 44.2 Å². The molecular formula is C20H21N5O2S. The van der Waals surface area contributed by atoms with Crippen LogP contribution >= 0.6 is 11.3 Å². The van der Waals surface area contributed by atoms with Gasteiger partial charge < -0.3 is 14.7 Å². The van der Waals surface area contributed by atoms with Crippen molar-refractivity contribution in [2.24, 2.45) is 0 Å². The SMILES string of the molecule is N#Cc1cccnc1N1CCN(C(=O)c2ccc(C(=O)N3CCCC3)s2)CC1. The van der Waals surface area contributed by atoms with Gasteiger partial charge in [0, 0.05) is 45.5 Å². The Labute approximate surface area is 167 Å². The van der Waals surface area contributed by atoms with Gasteiger partial charge in [-0.3, -0.25) is 9.59 Å². The summed E-state index contributed by atoms with van der Waals surface area (Å²) in [6.07, 6.45) is 3.78. The number of carbonyl (C=O) groups excluding carboxylic acids is 2. The summed E-state index contributed by atoms with van der Waals surface area (Å²) < 4.78 is 0. The minimum Gasteiger partial charge on any atom is -0.352 e. The first-order valence-corrected chi connectivity index (χ1v) is 10.3. The minimum absolute atomic E-state index is 0.0329. The van der Waals surface area contributed by atoms with E-state index >= 15 is 0 Å². The molecule has 7 nitrogen and oxygen atoms in total. The third-order valence-electron chi connectivity index (χ3n) is 5.19. The van der Waals surface area contributed by atoms with E-state index < -0.39 is 0 Å². The van der Waals surface area contributed by atoms with Gasteiger partial charge in [0.05, 0.1) is 15.3 Å². The van der Waals surface area contributed by atoms with Gasteiger partial charge in [-0.1, -0.05) is 0 Å². The van der Waals surface area contributed by atoms with E-state index in [1.54, 1.807) is 35.4 Å². The highest BCUT2D eigenvalue weighted by molar-refractivity contribution is 7.15. The number of pyridine rings is 1. The highest BCUT2D eigenvalue weighted by Crippen LogP contribution is 2.24. The van der Waals surface area contributed by atoms with Crippen molar-refractivity contribution in [1.82, 2.24) is 14.8 Å². The molecule has 0 atom stereocenters. The van der Waals surface area contributed by atoms with Crippen LogP contribution in [0.25, 0.3) is 0 Å². The van der Waals surface area contributed by atoms with Crippen molar-refractivity contribution in [2.45, 2.75) is 12.8 Å². The zero-order valence-corrected chi connectivity index (χ0v) is 16.3. The third-order valence-corrected chi connectivity index (χ3v) is 6.26. The molecule has 2 aromatic rings. The molecule has 4 rings (SSSR count). The van der Waals surface area contributed by atoms with Crippen molar-refractivity contribution in [3.05, 3.63) is 45.8 Å². The molecule has 2 aliphatic heterocycles. The standard InChI is InChI=1S/C20H21N5O2S/c21-14-15-4-3-7-22-18(15)23-10-12-25(13-11-23)20(27)17-6-5-16(28-17)19(26)24-8-1-2-9-24/h3-7H,1-2,8-13H2. The number of aromatic nitrogens is 1. The quantitative estimate of drug-likeness (QED) is 0.796. The molecule has 0 unspecified atom stereocenters. The van der Waals surface area contributed by atoms with Crippen molar-refractivity contribution >= 4 is 29.0 Å². The van der Waals surface area contributed by atoms with Gasteiger partial charge in [0.1, 0.15) is 11.9 Å². The number of nitrogens with zero attached hydrogens (tertiary/aromatic N) is 5. The van der Waals surface area contributed by atoms with Crippen molar-refractivity contribution in [1.29, 1.82) is 5.26 Å². The van der Waals surface area contributed by atoms with Gasteiger partial charge in [-0.15, -0.1) is 11.3 Å². The molecule has 2 aliphatic rings. The van der Waals surface area contributed by atoms with Crippen LogP contribution in [0.1, 0.15) is 37.7 Å². The van der Waals surface area contributed by atoms with E-state index in [9.17, 15) is 14.9 Å². The number of carbonyl (C=O) groups is 2. The van der Waals surface area contributed by atoms with Crippen LogP contribution < -0.4 is 4.90 Å².